The predicted octanol–water partition coefficient (Wildman–Crippen LogP) is 1.75. The zero-order valence-corrected chi connectivity index (χ0v) is 10.9. The Morgan fingerprint density at radius 1 is 1.56 bits per heavy atom. The molecule has 0 spiro atoms. The van der Waals surface area contributed by atoms with E-state index in [-0.39, 0.29) is 35.4 Å². The SMILES string of the molecule is CNC(=O)c1c(N)nsc1NCCSC(F)(F)F. The number of nitrogens with two attached hydrogens (primary N) is 1. The first kappa shape index (κ1) is 14.9. The van der Waals surface area contributed by atoms with Gasteiger partial charge in [-0.15, -0.1) is 0 Å². The van der Waals surface area contributed by atoms with Crippen molar-refractivity contribution in [1.29, 1.82) is 0 Å². The molecule has 1 rings (SSSR count). The van der Waals surface area contributed by atoms with Gasteiger partial charge in [-0.05, 0) is 23.3 Å². The highest BCUT2D eigenvalue weighted by Gasteiger charge is 2.27. The van der Waals surface area contributed by atoms with Gasteiger partial charge in [0.1, 0.15) is 10.6 Å². The molecular formula is C8H11F3N4OS2. The number of carbonyl (C=O) groups excluding carboxylic acids is 1. The largest absolute Gasteiger partial charge is 0.441 e. The lowest BCUT2D eigenvalue weighted by Gasteiger charge is -2.07. The minimum absolute atomic E-state index is 0.0605. The molecule has 0 radical (unpaired) electrons. The number of anilines is 2. The van der Waals surface area contributed by atoms with Crippen LogP contribution in [0.2, 0.25) is 0 Å². The summed E-state index contributed by atoms with van der Waals surface area (Å²) in [5.74, 6) is -0.522. The van der Waals surface area contributed by atoms with Crippen molar-refractivity contribution >= 4 is 40.0 Å². The summed E-state index contributed by atoms with van der Waals surface area (Å²) in [5.41, 5.74) is 1.42. The predicted molar refractivity (Wildman–Crippen MR) is 66.9 cm³/mol. The van der Waals surface area contributed by atoms with Crippen LogP contribution in [0.15, 0.2) is 0 Å². The van der Waals surface area contributed by atoms with Crippen molar-refractivity contribution < 1.29 is 18.0 Å². The van der Waals surface area contributed by atoms with Gasteiger partial charge in [0, 0.05) is 19.3 Å². The van der Waals surface area contributed by atoms with Crippen LogP contribution in [0.5, 0.6) is 0 Å². The lowest BCUT2D eigenvalue weighted by atomic mass is 10.3. The zero-order valence-electron chi connectivity index (χ0n) is 9.30. The maximum absolute atomic E-state index is 11.9. The Morgan fingerprint density at radius 2 is 2.22 bits per heavy atom. The van der Waals surface area contributed by atoms with Crippen LogP contribution in [0.25, 0.3) is 0 Å². The number of carbonyl (C=O) groups is 1. The van der Waals surface area contributed by atoms with Gasteiger partial charge >= 0.3 is 5.51 Å². The molecule has 0 aliphatic rings. The van der Waals surface area contributed by atoms with Crippen LogP contribution in [-0.4, -0.2) is 35.1 Å². The minimum Gasteiger partial charge on any atom is -0.382 e. The van der Waals surface area contributed by atoms with Crippen molar-refractivity contribution in [1.82, 2.24) is 9.69 Å². The van der Waals surface area contributed by atoms with E-state index in [2.05, 4.69) is 15.0 Å². The highest BCUT2D eigenvalue weighted by atomic mass is 32.2. The molecule has 0 aliphatic heterocycles. The second kappa shape index (κ2) is 6.14. The second-order valence-corrected chi connectivity index (χ2v) is 5.01. The topological polar surface area (TPSA) is 80.0 Å². The summed E-state index contributed by atoms with van der Waals surface area (Å²) in [6.45, 7) is 0.0653. The molecule has 10 heteroatoms. The second-order valence-electron chi connectivity index (χ2n) is 3.07. The van der Waals surface area contributed by atoms with Crippen molar-refractivity contribution in [2.75, 3.05) is 30.4 Å². The lowest BCUT2D eigenvalue weighted by Crippen LogP contribution is -2.20. The molecule has 1 aromatic rings. The number of thioether (sulfide) groups is 1. The molecule has 0 fully saturated rings. The van der Waals surface area contributed by atoms with Crippen LogP contribution in [0, 0.1) is 0 Å². The van der Waals surface area contributed by atoms with Crippen molar-refractivity contribution in [3.63, 3.8) is 0 Å². The van der Waals surface area contributed by atoms with Gasteiger partial charge in [0.25, 0.3) is 5.91 Å². The summed E-state index contributed by atoms with van der Waals surface area (Å²) >= 11 is 0.810. The summed E-state index contributed by atoms with van der Waals surface area (Å²) in [7, 11) is 1.43. The number of aromatic nitrogens is 1. The number of hydrogen-bond donors (Lipinski definition) is 3. The maximum Gasteiger partial charge on any atom is 0.441 e. The molecule has 0 saturated heterocycles. The molecule has 18 heavy (non-hydrogen) atoms. The van der Waals surface area contributed by atoms with E-state index in [0.29, 0.717) is 5.00 Å². The molecule has 5 nitrogen and oxygen atoms in total. The average Bonchev–Trinajstić information content (AvgIpc) is 2.64. The van der Waals surface area contributed by atoms with E-state index >= 15 is 0 Å². The fourth-order valence-electron chi connectivity index (χ4n) is 1.10. The fourth-order valence-corrected chi connectivity index (χ4v) is 2.27. The van der Waals surface area contributed by atoms with Crippen LogP contribution < -0.4 is 16.4 Å². The van der Waals surface area contributed by atoms with Crippen molar-refractivity contribution in [2.24, 2.45) is 0 Å². The molecule has 1 aromatic heterocycles. The number of nitrogen functional groups attached to an aromatic ring is 1. The Morgan fingerprint density at radius 3 is 2.78 bits per heavy atom. The molecular weight excluding hydrogens is 289 g/mol. The summed E-state index contributed by atoms with van der Waals surface area (Å²) in [4.78, 5) is 11.5. The van der Waals surface area contributed by atoms with E-state index in [1.54, 1.807) is 0 Å². The number of nitrogens with zero attached hydrogens (tertiary/aromatic N) is 1. The van der Waals surface area contributed by atoms with Gasteiger partial charge in [0.05, 0.1) is 0 Å². The van der Waals surface area contributed by atoms with Crippen molar-refractivity contribution in [2.45, 2.75) is 5.51 Å². The standard InChI is InChI=1S/C8H11F3N4OS2/c1-13-6(16)4-5(12)15-18-7(4)14-2-3-17-8(9,10)11/h14H,2-3H2,1H3,(H2,12,15)(H,13,16). The fraction of sp³-hybridized carbons (Fsp3) is 0.500. The van der Waals surface area contributed by atoms with Crippen LogP contribution in [0.3, 0.4) is 0 Å². The first-order valence-corrected chi connectivity index (χ1v) is 6.53. The van der Waals surface area contributed by atoms with Gasteiger partial charge in [-0.2, -0.15) is 17.5 Å². The average molecular weight is 300 g/mol. The van der Waals surface area contributed by atoms with Crippen LogP contribution in [-0.2, 0) is 0 Å². The first-order valence-electron chi connectivity index (χ1n) is 4.77. The molecule has 4 N–H and O–H groups in total. The van der Waals surface area contributed by atoms with Gasteiger partial charge in [0.15, 0.2) is 5.82 Å². The Balaban J connectivity index is 2.55. The molecule has 0 saturated carbocycles. The van der Waals surface area contributed by atoms with Gasteiger partial charge in [-0.3, -0.25) is 4.79 Å². The Kier molecular flexibility index (Phi) is 5.08. The Labute approximate surface area is 109 Å². The van der Waals surface area contributed by atoms with Crippen LogP contribution >= 0.6 is 23.3 Å². The minimum atomic E-state index is -4.25. The molecule has 0 aromatic carbocycles. The molecule has 0 unspecified atom stereocenters. The van der Waals surface area contributed by atoms with E-state index in [1.807, 2.05) is 0 Å². The first-order chi connectivity index (χ1) is 8.35. The lowest BCUT2D eigenvalue weighted by molar-refractivity contribution is -0.0327. The summed E-state index contributed by atoms with van der Waals surface area (Å²) in [5, 5.41) is 5.47. The summed E-state index contributed by atoms with van der Waals surface area (Å²) in [6.07, 6.45) is 0. The van der Waals surface area contributed by atoms with Crippen LogP contribution in [0.1, 0.15) is 10.4 Å². The van der Waals surface area contributed by atoms with Gasteiger partial charge in [0.2, 0.25) is 0 Å². The van der Waals surface area contributed by atoms with Crippen molar-refractivity contribution in [3.8, 4) is 0 Å². The third-order valence-electron chi connectivity index (χ3n) is 1.83. The summed E-state index contributed by atoms with van der Waals surface area (Å²) < 4.78 is 39.4. The third kappa shape index (κ3) is 4.26. The quantitative estimate of drug-likeness (QED) is 0.722. The highest BCUT2D eigenvalue weighted by molar-refractivity contribution is 8.00. The van der Waals surface area contributed by atoms with E-state index in [9.17, 15) is 18.0 Å². The molecule has 1 amide bonds. The smallest absolute Gasteiger partial charge is 0.382 e. The number of hydrogen-bond acceptors (Lipinski definition) is 6. The van der Waals surface area contributed by atoms with E-state index < -0.39 is 11.4 Å². The monoisotopic (exact) mass is 300 g/mol. The number of halogens is 3. The molecule has 0 atom stereocenters. The van der Waals surface area contributed by atoms with Crippen LogP contribution in [0.4, 0.5) is 24.0 Å². The molecule has 1 heterocycles. The Bertz CT molecular complexity index is 421. The normalized spacial score (nSPS) is 11.3. The van der Waals surface area contributed by atoms with Gasteiger partial charge < -0.3 is 16.4 Å². The summed E-state index contributed by atoms with van der Waals surface area (Å²) in [6, 6.07) is 0. The van der Waals surface area contributed by atoms with E-state index in [1.165, 1.54) is 7.05 Å². The maximum atomic E-state index is 11.9. The van der Waals surface area contributed by atoms with Gasteiger partial charge in [-0.25, -0.2) is 0 Å². The van der Waals surface area contributed by atoms with E-state index in [4.69, 9.17) is 5.73 Å². The van der Waals surface area contributed by atoms with Gasteiger partial charge in [-0.1, -0.05) is 0 Å². The van der Waals surface area contributed by atoms with E-state index in [0.717, 1.165) is 11.5 Å². The third-order valence-corrected chi connectivity index (χ3v) is 3.38. The molecule has 102 valence electrons. The molecule has 0 aliphatic carbocycles. The van der Waals surface area contributed by atoms with Crippen molar-refractivity contribution in [3.05, 3.63) is 5.56 Å². The molecule has 0 bridgehead atoms. The highest BCUT2D eigenvalue weighted by Crippen LogP contribution is 2.30. The zero-order chi connectivity index (χ0) is 13.8. The number of rotatable bonds is 5. The number of amides is 1. The number of alkyl halides is 3. The Hall–Kier alpha value is -1.16. The number of nitrogens with one attached hydrogen (secondary N) is 2.